The first-order valence-corrected chi connectivity index (χ1v) is 9.71. The second-order valence-electron chi connectivity index (χ2n) is 6.42. The van der Waals surface area contributed by atoms with Crippen LogP contribution in [0.25, 0.3) is 0 Å². The van der Waals surface area contributed by atoms with Crippen molar-refractivity contribution in [1.29, 1.82) is 0 Å². The van der Waals surface area contributed by atoms with Gasteiger partial charge in [0.05, 0.1) is 12.8 Å². The lowest BCUT2D eigenvalue weighted by atomic mass is 10.1. The second-order valence-corrected chi connectivity index (χ2v) is 8.17. The van der Waals surface area contributed by atoms with Crippen LogP contribution in [-0.4, -0.2) is 81.1 Å². The Hall–Kier alpha value is -1.35. The van der Waals surface area contributed by atoms with Crippen molar-refractivity contribution in [2.45, 2.75) is 33.2 Å². The van der Waals surface area contributed by atoms with Crippen LogP contribution in [0.5, 0.6) is 0 Å². The molecule has 0 aromatic rings. The lowest BCUT2D eigenvalue weighted by Gasteiger charge is -2.36. The molecule has 0 bridgehead atoms. The van der Waals surface area contributed by atoms with E-state index in [1.54, 1.807) is 20.8 Å². The van der Waals surface area contributed by atoms with Crippen molar-refractivity contribution < 1.29 is 13.2 Å². The molecule has 0 aromatic heterocycles. The molecular weight excluding hydrogens is 318 g/mol. The molecule has 0 unspecified atom stereocenters. The van der Waals surface area contributed by atoms with Crippen LogP contribution in [0.4, 0.5) is 0 Å². The zero-order valence-corrected chi connectivity index (χ0v) is 15.5. The molecule has 1 rings (SSSR count). The summed E-state index contributed by atoms with van der Waals surface area (Å²) in [6.07, 6.45) is 1.14. The predicted octanol–water partition coefficient (Wildman–Crippen LogP) is -0.556. The van der Waals surface area contributed by atoms with Gasteiger partial charge in [-0.25, -0.2) is 13.1 Å². The number of carbonyl (C=O) groups is 1. The van der Waals surface area contributed by atoms with Gasteiger partial charge in [-0.05, 0) is 20.8 Å². The van der Waals surface area contributed by atoms with Crippen LogP contribution in [0.15, 0.2) is 4.99 Å². The Morgan fingerprint density at radius 3 is 2.13 bits per heavy atom. The van der Waals surface area contributed by atoms with Gasteiger partial charge in [0.25, 0.3) is 0 Å². The highest BCUT2D eigenvalue weighted by Gasteiger charge is 2.24. The van der Waals surface area contributed by atoms with Gasteiger partial charge in [0, 0.05) is 45.2 Å². The monoisotopic (exact) mass is 347 g/mol. The number of amides is 1. The third-order valence-electron chi connectivity index (χ3n) is 3.45. The van der Waals surface area contributed by atoms with E-state index in [4.69, 9.17) is 0 Å². The number of nitrogens with one attached hydrogen (secondary N) is 2. The lowest BCUT2D eigenvalue weighted by molar-refractivity contribution is -0.130. The zero-order valence-electron chi connectivity index (χ0n) is 14.7. The summed E-state index contributed by atoms with van der Waals surface area (Å²) in [5, 5.41) is 3.23. The number of guanidine groups is 1. The minimum absolute atomic E-state index is 0.0880. The molecule has 134 valence electrons. The average molecular weight is 347 g/mol. The predicted molar refractivity (Wildman–Crippen MR) is 91.9 cm³/mol. The Labute approximate surface area is 139 Å². The molecule has 23 heavy (non-hydrogen) atoms. The highest BCUT2D eigenvalue weighted by atomic mass is 32.2. The summed E-state index contributed by atoms with van der Waals surface area (Å²) >= 11 is 0. The minimum atomic E-state index is -3.28. The minimum Gasteiger partial charge on any atom is -0.357 e. The van der Waals surface area contributed by atoms with Gasteiger partial charge in [-0.1, -0.05) is 0 Å². The molecular formula is C14H29N5O3S. The van der Waals surface area contributed by atoms with Crippen molar-refractivity contribution in [3.8, 4) is 0 Å². The molecule has 9 heteroatoms. The van der Waals surface area contributed by atoms with E-state index in [9.17, 15) is 13.2 Å². The summed E-state index contributed by atoms with van der Waals surface area (Å²) in [4.78, 5) is 19.9. The Balaban J connectivity index is 2.72. The van der Waals surface area contributed by atoms with Crippen LogP contribution >= 0.6 is 0 Å². The van der Waals surface area contributed by atoms with E-state index < -0.39 is 15.6 Å². The first-order valence-electron chi connectivity index (χ1n) is 7.82. The van der Waals surface area contributed by atoms with E-state index in [1.165, 1.54) is 0 Å². The standard InChI is InChI=1S/C14H29N5O3S/c1-6-15-13(16-11-14(3,4)17-23(5,21)22)19-9-7-18(8-10-19)12(2)20/h17H,6-11H2,1-5H3,(H,15,16). The smallest absolute Gasteiger partial charge is 0.219 e. The van der Waals surface area contributed by atoms with Crippen molar-refractivity contribution in [3.63, 3.8) is 0 Å². The first kappa shape index (κ1) is 19.7. The van der Waals surface area contributed by atoms with Crippen LogP contribution < -0.4 is 10.0 Å². The number of carbonyl (C=O) groups excluding carboxylic acids is 1. The first-order chi connectivity index (χ1) is 10.5. The molecule has 8 nitrogen and oxygen atoms in total. The van der Waals surface area contributed by atoms with Crippen molar-refractivity contribution >= 4 is 21.9 Å². The maximum atomic E-state index is 11.4. The molecule has 1 aliphatic rings. The molecule has 2 N–H and O–H groups in total. The molecule has 1 amide bonds. The highest BCUT2D eigenvalue weighted by Crippen LogP contribution is 2.07. The van der Waals surface area contributed by atoms with Gasteiger partial charge in [-0.2, -0.15) is 0 Å². The fourth-order valence-electron chi connectivity index (χ4n) is 2.47. The molecule has 0 saturated carbocycles. The van der Waals surface area contributed by atoms with Crippen LogP contribution in [0, 0.1) is 0 Å². The van der Waals surface area contributed by atoms with Crippen molar-refractivity contribution in [1.82, 2.24) is 19.8 Å². The fraction of sp³-hybridized carbons (Fsp3) is 0.857. The molecule has 0 atom stereocenters. The number of sulfonamides is 1. The Bertz CT molecular complexity index is 537. The summed E-state index contributed by atoms with van der Waals surface area (Å²) in [5.74, 6) is 0.837. The molecule has 1 fully saturated rings. The normalized spacial score (nSPS) is 17.3. The maximum Gasteiger partial charge on any atom is 0.219 e. The molecule has 0 aromatic carbocycles. The van der Waals surface area contributed by atoms with Gasteiger partial charge >= 0.3 is 0 Å². The summed E-state index contributed by atoms with van der Waals surface area (Å²) in [7, 11) is -3.28. The third-order valence-corrected chi connectivity index (χ3v) is 4.37. The Kier molecular flexibility index (Phi) is 6.82. The number of piperazine rings is 1. The van der Waals surface area contributed by atoms with E-state index in [0.29, 0.717) is 32.7 Å². The quantitative estimate of drug-likeness (QED) is 0.514. The molecule has 0 radical (unpaired) electrons. The average Bonchev–Trinajstić information content (AvgIpc) is 2.41. The van der Waals surface area contributed by atoms with Gasteiger partial charge in [-0.3, -0.25) is 9.79 Å². The fourth-order valence-corrected chi connectivity index (χ4v) is 3.53. The van der Waals surface area contributed by atoms with Gasteiger partial charge in [0.15, 0.2) is 5.96 Å². The van der Waals surface area contributed by atoms with E-state index in [2.05, 4.69) is 19.9 Å². The van der Waals surface area contributed by atoms with Gasteiger partial charge < -0.3 is 15.1 Å². The number of nitrogens with zero attached hydrogens (tertiary/aromatic N) is 3. The van der Waals surface area contributed by atoms with Crippen LogP contribution in [0.2, 0.25) is 0 Å². The highest BCUT2D eigenvalue weighted by molar-refractivity contribution is 7.88. The molecule has 1 saturated heterocycles. The zero-order chi connectivity index (χ0) is 17.7. The van der Waals surface area contributed by atoms with Crippen LogP contribution in [-0.2, 0) is 14.8 Å². The van der Waals surface area contributed by atoms with E-state index >= 15 is 0 Å². The number of hydrogen-bond acceptors (Lipinski definition) is 4. The summed E-state index contributed by atoms with van der Waals surface area (Å²) in [6.45, 7) is 11.0. The molecule has 0 aliphatic carbocycles. The van der Waals surface area contributed by atoms with E-state index in [0.717, 1.165) is 18.8 Å². The maximum absolute atomic E-state index is 11.4. The van der Waals surface area contributed by atoms with Gasteiger partial charge in [0.1, 0.15) is 0 Å². The molecule has 1 aliphatic heterocycles. The number of hydrogen-bond donors (Lipinski definition) is 2. The summed E-state index contributed by atoms with van der Waals surface area (Å²) < 4.78 is 25.4. The number of rotatable bonds is 5. The number of aliphatic imine (C=N–C) groups is 1. The van der Waals surface area contributed by atoms with E-state index in [1.807, 2.05) is 11.8 Å². The van der Waals surface area contributed by atoms with Crippen molar-refractivity contribution in [3.05, 3.63) is 0 Å². The molecule has 0 spiro atoms. The van der Waals surface area contributed by atoms with Crippen molar-refractivity contribution in [2.24, 2.45) is 4.99 Å². The SMILES string of the molecule is CCNC(=NCC(C)(C)NS(C)(=O)=O)N1CCN(C(C)=O)CC1. The van der Waals surface area contributed by atoms with Crippen molar-refractivity contribution in [2.75, 3.05) is 45.5 Å². The van der Waals surface area contributed by atoms with Crippen LogP contribution in [0.3, 0.4) is 0 Å². The topological polar surface area (TPSA) is 94.1 Å². The van der Waals surface area contributed by atoms with Crippen LogP contribution in [0.1, 0.15) is 27.7 Å². The van der Waals surface area contributed by atoms with Gasteiger partial charge in [0.2, 0.25) is 15.9 Å². The lowest BCUT2D eigenvalue weighted by Crippen LogP contribution is -2.54. The molecule has 1 heterocycles. The third kappa shape index (κ3) is 7.17. The summed E-state index contributed by atoms with van der Waals surface area (Å²) in [6, 6.07) is 0. The van der Waals surface area contributed by atoms with Gasteiger partial charge in [-0.15, -0.1) is 0 Å². The Morgan fingerprint density at radius 1 is 1.17 bits per heavy atom. The second kappa shape index (κ2) is 7.96. The Morgan fingerprint density at radius 2 is 1.70 bits per heavy atom. The summed E-state index contributed by atoms with van der Waals surface area (Å²) in [5.41, 5.74) is -0.657. The van der Waals surface area contributed by atoms with E-state index in [-0.39, 0.29) is 5.91 Å². The largest absolute Gasteiger partial charge is 0.357 e.